The fraction of sp³-hybridized carbons (Fsp3) is 0.167. The van der Waals surface area contributed by atoms with Crippen LogP contribution in [0.5, 0.6) is 11.5 Å². The van der Waals surface area contributed by atoms with E-state index < -0.39 is 0 Å². The quantitative estimate of drug-likeness (QED) is 0.165. The van der Waals surface area contributed by atoms with Crippen LogP contribution >= 0.6 is 0 Å². The van der Waals surface area contributed by atoms with Crippen molar-refractivity contribution in [2.45, 2.75) is 55.4 Å². The molecule has 0 radical (unpaired) electrons. The lowest BCUT2D eigenvalue weighted by atomic mass is 9.33. The summed E-state index contributed by atoms with van der Waals surface area (Å²) in [4.78, 5) is 2.31. The van der Waals surface area contributed by atoms with E-state index in [1.54, 1.807) is 0 Å². The third-order valence-electron chi connectivity index (χ3n) is 10.7. The molecule has 1 aliphatic heterocycles. The first-order chi connectivity index (χ1) is 24.6. The van der Waals surface area contributed by atoms with Crippen molar-refractivity contribution in [3.05, 3.63) is 166 Å². The van der Waals surface area contributed by atoms with Crippen LogP contribution in [0.3, 0.4) is 0 Å². The topological polar surface area (TPSA) is 12.5 Å². The van der Waals surface area contributed by atoms with Crippen molar-refractivity contribution in [3.8, 4) is 22.6 Å². The van der Waals surface area contributed by atoms with E-state index in [0.29, 0.717) is 0 Å². The molecule has 1 heterocycles. The summed E-state index contributed by atoms with van der Waals surface area (Å²) in [5, 5.41) is 2.42. The predicted molar refractivity (Wildman–Crippen MR) is 220 cm³/mol. The Balaban J connectivity index is 1.31. The number of hydrogen-bond acceptors (Lipinski definition) is 2. The van der Waals surface area contributed by atoms with E-state index in [-0.39, 0.29) is 6.71 Å². The number of ether oxygens (including phenoxy) is 1. The van der Waals surface area contributed by atoms with Gasteiger partial charge in [-0.25, -0.2) is 0 Å². The Morgan fingerprint density at radius 3 is 1.45 bits per heavy atom. The van der Waals surface area contributed by atoms with Crippen LogP contribution in [-0.4, -0.2) is 6.71 Å². The molecule has 0 aliphatic carbocycles. The summed E-state index contributed by atoms with van der Waals surface area (Å²) < 4.78 is 6.90. The Morgan fingerprint density at radius 1 is 0.431 bits per heavy atom. The molecular weight excluding hydrogens is 617 g/mol. The number of anilines is 3. The van der Waals surface area contributed by atoms with Crippen LogP contribution in [0.4, 0.5) is 17.1 Å². The summed E-state index contributed by atoms with van der Waals surface area (Å²) in [5.74, 6) is 1.77. The minimum atomic E-state index is 0.0804. The van der Waals surface area contributed by atoms with Gasteiger partial charge in [-0.3, -0.25) is 0 Å². The largest absolute Gasteiger partial charge is 0.456 e. The highest BCUT2D eigenvalue weighted by Crippen LogP contribution is 2.48. The molecule has 0 atom stereocenters. The van der Waals surface area contributed by atoms with Crippen LogP contribution in [0.25, 0.3) is 21.9 Å². The molecule has 0 aromatic heterocycles. The van der Waals surface area contributed by atoms with E-state index in [9.17, 15) is 0 Å². The molecule has 0 unspecified atom stereocenters. The molecule has 7 aromatic rings. The summed E-state index contributed by atoms with van der Waals surface area (Å²) in [7, 11) is 0. The second kappa shape index (κ2) is 12.7. The first kappa shape index (κ1) is 32.7. The average Bonchev–Trinajstić information content (AvgIpc) is 3.09. The number of hydrogen-bond donors (Lipinski definition) is 0. The fourth-order valence-electron chi connectivity index (χ4n) is 8.62. The van der Waals surface area contributed by atoms with E-state index in [1.165, 1.54) is 77.2 Å². The van der Waals surface area contributed by atoms with Gasteiger partial charge >= 0.3 is 0 Å². The van der Waals surface area contributed by atoms with Crippen molar-refractivity contribution in [1.29, 1.82) is 0 Å². The number of rotatable bonds is 6. The zero-order valence-corrected chi connectivity index (χ0v) is 31.0. The zero-order chi connectivity index (χ0) is 35.6. The molecule has 1 aliphatic rings. The second-order valence-electron chi connectivity index (χ2n) is 14.7. The molecule has 51 heavy (non-hydrogen) atoms. The van der Waals surface area contributed by atoms with Crippen molar-refractivity contribution in [3.63, 3.8) is 0 Å². The smallest absolute Gasteiger partial charge is 0.243 e. The number of fused-ring (bicyclic) bond motifs is 2. The zero-order valence-electron chi connectivity index (χ0n) is 31.0. The van der Waals surface area contributed by atoms with Crippen LogP contribution in [0, 0.1) is 55.4 Å². The lowest BCUT2D eigenvalue weighted by molar-refractivity contribution is 0.487. The third kappa shape index (κ3) is 5.71. The van der Waals surface area contributed by atoms with Crippen LogP contribution in [0.2, 0.25) is 0 Å². The highest BCUT2D eigenvalue weighted by atomic mass is 16.5. The summed E-state index contributed by atoms with van der Waals surface area (Å²) in [6, 6.07) is 44.8. The van der Waals surface area contributed by atoms with Gasteiger partial charge in [0.15, 0.2) is 0 Å². The lowest BCUT2D eigenvalue weighted by Crippen LogP contribution is -2.56. The Kier molecular flexibility index (Phi) is 8.11. The SMILES string of the molecule is Cc1ccc(N(c2ccc(C)cc2)c2ccc3c(c2)Oc2cccc4c(B(c5c(C)cc(C)cc5C)c5c(C)cc(C)cc5C)ccc-3c24)cc1. The summed E-state index contributed by atoms with van der Waals surface area (Å²) in [6.45, 7) is 17.8. The standard InChI is InChI=1S/C48H44BNO/c1-29-12-16-37(17-13-29)50(38-18-14-30(2)15-19-38)39-20-21-40-41-22-23-43(42-10-9-11-44(46(41)42)51-45(40)28-39)49(47-33(5)24-31(3)25-34(47)6)48-35(7)26-32(4)27-36(48)8/h9-28H,1-8H3. The Morgan fingerprint density at radius 2 is 0.922 bits per heavy atom. The van der Waals surface area contributed by atoms with Gasteiger partial charge in [-0.2, -0.15) is 0 Å². The van der Waals surface area contributed by atoms with Crippen molar-refractivity contribution in [2.75, 3.05) is 4.90 Å². The van der Waals surface area contributed by atoms with Gasteiger partial charge in [-0.15, -0.1) is 0 Å². The molecule has 0 bridgehead atoms. The molecule has 0 saturated heterocycles. The number of aryl methyl sites for hydroxylation is 8. The van der Waals surface area contributed by atoms with E-state index in [2.05, 4.69) is 182 Å². The molecule has 2 nitrogen and oxygen atoms in total. The molecule has 0 amide bonds. The Bertz CT molecular complexity index is 2330. The first-order valence-corrected chi connectivity index (χ1v) is 18.0. The molecule has 3 heteroatoms. The van der Waals surface area contributed by atoms with E-state index in [4.69, 9.17) is 4.74 Å². The molecular formula is C48H44BNO. The van der Waals surface area contributed by atoms with Gasteiger partial charge in [0.1, 0.15) is 11.5 Å². The van der Waals surface area contributed by atoms with E-state index in [0.717, 1.165) is 34.1 Å². The molecule has 250 valence electrons. The Hall–Kier alpha value is -5.54. The van der Waals surface area contributed by atoms with E-state index >= 15 is 0 Å². The van der Waals surface area contributed by atoms with Crippen LogP contribution in [0.1, 0.15) is 44.5 Å². The number of benzene rings is 7. The van der Waals surface area contributed by atoms with Crippen LogP contribution < -0.4 is 26.0 Å². The highest BCUT2D eigenvalue weighted by molar-refractivity contribution is 6.98. The monoisotopic (exact) mass is 661 g/mol. The average molecular weight is 662 g/mol. The molecule has 7 aromatic carbocycles. The van der Waals surface area contributed by atoms with Gasteiger partial charge in [-0.05, 0) is 109 Å². The second-order valence-corrected chi connectivity index (χ2v) is 14.7. The highest BCUT2D eigenvalue weighted by Gasteiger charge is 2.32. The number of nitrogens with zero attached hydrogens (tertiary/aromatic N) is 1. The van der Waals surface area contributed by atoms with Crippen LogP contribution in [0.15, 0.2) is 121 Å². The predicted octanol–water partition coefficient (Wildman–Crippen LogP) is 11.1. The van der Waals surface area contributed by atoms with Crippen LogP contribution in [-0.2, 0) is 0 Å². The minimum absolute atomic E-state index is 0.0804. The summed E-state index contributed by atoms with van der Waals surface area (Å²) in [5.41, 5.74) is 20.1. The maximum absolute atomic E-state index is 6.90. The molecule has 0 spiro atoms. The van der Waals surface area contributed by atoms with Gasteiger partial charge in [0, 0.05) is 34.1 Å². The third-order valence-corrected chi connectivity index (χ3v) is 10.7. The summed E-state index contributed by atoms with van der Waals surface area (Å²) >= 11 is 0. The van der Waals surface area contributed by atoms with Crippen molar-refractivity contribution in [2.24, 2.45) is 0 Å². The molecule has 8 rings (SSSR count). The normalized spacial score (nSPS) is 11.7. The Labute approximate surface area is 303 Å². The summed E-state index contributed by atoms with van der Waals surface area (Å²) in [6.07, 6.45) is 0. The first-order valence-electron chi connectivity index (χ1n) is 18.0. The molecule has 0 saturated carbocycles. The van der Waals surface area contributed by atoms with Crippen molar-refractivity contribution < 1.29 is 4.74 Å². The van der Waals surface area contributed by atoms with E-state index in [1.807, 2.05) is 0 Å². The lowest BCUT2D eigenvalue weighted by Gasteiger charge is -2.29. The maximum Gasteiger partial charge on any atom is 0.243 e. The van der Waals surface area contributed by atoms with Gasteiger partial charge < -0.3 is 9.64 Å². The molecule has 0 fully saturated rings. The fourth-order valence-corrected chi connectivity index (χ4v) is 8.62. The van der Waals surface area contributed by atoms with Gasteiger partial charge in [0.05, 0.1) is 0 Å². The van der Waals surface area contributed by atoms with Gasteiger partial charge in [-0.1, -0.05) is 134 Å². The maximum atomic E-state index is 6.90. The van der Waals surface area contributed by atoms with Crippen molar-refractivity contribution >= 4 is 50.9 Å². The van der Waals surface area contributed by atoms with Gasteiger partial charge in [0.2, 0.25) is 6.71 Å². The van der Waals surface area contributed by atoms with Gasteiger partial charge in [0.25, 0.3) is 0 Å². The molecule has 0 N–H and O–H groups in total. The minimum Gasteiger partial charge on any atom is -0.456 e. The van der Waals surface area contributed by atoms with Crippen molar-refractivity contribution in [1.82, 2.24) is 0 Å².